The lowest BCUT2D eigenvalue weighted by atomic mass is 10.0. The van der Waals surface area contributed by atoms with Gasteiger partial charge in [-0.2, -0.15) is 0 Å². The van der Waals surface area contributed by atoms with Crippen LogP contribution in [0.3, 0.4) is 0 Å². The molecule has 32 heavy (non-hydrogen) atoms. The average molecular weight is 448 g/mol. The smallest absolute Gasteiger partial charge is 0.263 e. The molecule has 164 valence electrons. The van der Waals surface area contributed by atoms with Crippen LogP contribution in [-0.4, -0.2) is 34.0 Å². The molecule has 0 fully saturated rings. The summed E-state index contributed by atoms with van der Waals surface area (Å²) in [7, 11) is 1.74. The predicted molar refractivity (Wildman–Crippen MR) is 128 cm³/mol. The third-order valence-corrected chi connectivity index (χ3v) is 6.32. The summed E-state index contributed by atoms with van der Waals surface area (Å²) in [5.41, 5.74) is 2.63. The molecule has 2 heterocycles. The van der Waals surface area contributed by atoms with Crippen molar-refractivity contribution in [1.29, 1.82) is 0 Å². The van der Waals surface area contributed by atoms with Crippen LogP contribution in [0.25, 0.3) is 21.3 Å². The first-order valence-corrected chi connectivity index (χ1v) is 11.3. The van der Waals surface area contributed by atoms with Gasteiger partial charge < -0.3 is 9.64 Å². The minimum absolute atomic E-state index is 0.0529. The highest BCUT2D eigenvalue weighted by Crippen LogP contribution is 2.36. The van der Waals surface area contributed by atoms with Gasteiger partial charge in [0.15, 0.2) is 0 Å². The molecule has 0 N–H and O–H groups in total. The SMILES string of the molecule is CCOc1ccc(-c2c(C)sc3ncn(CC(=O)N(C)Cc4ccccc4)c(=O)c23)cc1. The lowest BCUT2D eigenvalue weighted by molar-refractivity contribution is -0.131. The van der Waals surface area contributed by atoms with Gasteiger partial charge >= 0.3 is 0 Å². The first-order valence-electron chi connectivity index (χ1n) is 10.5. The van der Waals surface area contributed by atoms with Gasteiger partial charge in [0.25, 0.3) is 5.56 Å². The number of thiophene rings is 1. The van der Waals surface area contributed by atoms with Crippen molar-refractivity contribution in [2.24, 2.45) is 0 Å². The van der Waals surface area contributed by atoms with E-state index in [0.29, 0.717) is 23.4 Å². The Kier molecular flexibility index (Phi) is 6.37. The van der Waals surface area contributed by atoms with Gasteiger partial charge in [-0.05, 0) is 37.1 Å². The summed E-state index contributed by atoms with van der Waals surface area (Å²) in [4.78, 5) is 33.9. The number of hydrogen-bond acceptors (Lipinski definition) is 5. The second kappa shape index (κ2) is 9.36. The van der Waals surface area contributed by atoms with Crippen LogP contribution in [0, 0.1) is 6.92 Å². The molecule has 0 aliphatic carbocycles. The summed E-state index contributed by atoms with van der Waals surface area (Å²) in [5.74, 6) is 0.641. The molecule has 0 bridgehead atoms. The van der Waals surface area contributed by atoms with Gasteiger partial charge in [-0.15, -0.1) is 11.3 Å². The van der Waals surface area contributed by atoms with Crippen molar-refractivity contribution in [2.45, 2.75) is 26.9 Å². The Balaban J connectivity index is 1.64. The number of benzene rings is 2. The Labute approximate surface area is 190 Å². The molecule has 2 aromatic heterocycles. The highest BCUT2D eigenvalue weighted by atomic mass is 32.1. The number of aryl methyl sites for hydroxylation is 1. The zero-order valence-corrected chi connectivity index (χ0v) is 19.2. The Bertz CT molecular complexity index is 1290. The van der Waals surface area contributed by atoms with E-state index in [4.69, 9.17) is 4.74 Å². The third-order valence-electron chi connectivity index (χ3n) is 5.30. The molecule has 0 aliphatic heterocycles. The van der Waals surface area contributed by atoms with Crippen molar-refractivity contribution in [3.63, 3.8) is 0 Å². The fourth-order valence-corrected chi connectivity index (χ4v) is 4.70. The zero-order chi connectivity index (χ0) is 22.7. The van der Waals surface area contributed by atoms with Crippen LogP contribution in [0.1, 0.15) is 17.4 Å². The van der Waals surface area contributed by atoms with Gasteiger partial charge in [-0.3, -0.25) is 14.2 Å². The van der Waals surface area contributed by atoms with Gasteiger partial charge in [0, 0.05) is 24.0 Å². The van der Waals surface area contributed by atoms with E-state index in [1.165, 1.54) is 22.2 Å². The number of carbonyl (C=O) groups is 1. The van der Waals surface area contributed by atoms with Crippen LogP contribution in [0.4, 0.5) is 0 Å². The Morgan fingerprint density at radius 1 is 1.12 bits per heavy atom. The van der Waals surface area contributed by atoms with Crippen LogP contribution in [-0.2, 0) is 17.9 Å². The van der Waals surface area contributed by atoms with Gasteiger partial charge in [0.05, 0.1) is 18.3 Å². The van der Waals surface area contributed by atoms with Gasteiger partial charge in [-0.25, -0.2) is 4.98 Å². The number of aromatic nitrogens is 2. The molecule has 1 amide bonds. The minimum Gasteiger partial charge on any atom is -0.494 e. The van der Waals surface area contributed by atoms with Gasteiger partial charge in [0.2, 0.25) is 5.91 Å². The number of likely N-dealkylation sites (N-methyl/N-ethyl adjacent to an activating group) is 1. The van der Waals surface area contributed by atoms with Crippen molar-refractivity contribution in [3.05, 3.63) is 81.7 Å². The molecule has 0 aliphatic rings. The Morgan fingerprint density at radius 2 is 1.84 bits per heavy atom. The normalized spacial score (nSPS) is 11.0. The summed E-state index contributed by atoms with van der Waals surface area (Å²) in [5, 5.41) is 0.553. The van der Waals surface area contributed by atoms with Crippen molar-refractivity contribution >= 4 is 27.5 Å². The van der Waals surface area contributed by atoms with E-state index < -0.39 is 0 Å². The zero-order valence-electron chi connectivity index (χ0n) is 18.4. The van der Waals surface area contributed by atoms with E-state index in [1.807, 2.05) is 68.4 Å². The van der Waals surface area contributed by atoms with E-state index >= 15 is 0 Å². The van der Waals surface area contributed by atoms with E-state index in [1.54, 1.807) is 11.9 Å². The maximum Gasteiger partial charge on any atom is 0.263 e. The maximum atomic E-state index is 13.4. The minimum atomic E-state index is -0.204. The molecule has 0 saturated carbocycles. The molecule has 0 spiro atoms. The van der Waals surface area contributed by atoms with Crippen LogP contribution in [0.2, 0.25) is 0 Å². The third kappa shape index (κ3) is 4.43. The number of carbonyl (C=O) groups excluding carboxylic acids is 1. The second-order valence-corrected chi connectivity index (χ2v) is 8.79. The van der Waals surface area contributed by atoms with E-state index in [9.17, 15) is 9.59 Å². The van der Waals surface area contributed by atoms with E-state index in [-0.39, 0.29) is 18.0 Å². The van der Waals surface area contributed by atoms with Gasteiger partial charge in [-0.1, -0.05) is 42.5 Å². The monoisotopic (exact) mass is 447 g/mol. The van der Waals surface area contributed by atoms with E-state index in [2.05, 4.69) is 4.98 Å². The van der Waals surface area contributed by atoms with Crippen molar-refractivity contribution in [3.8, 4) is 16.9 Å². The molecule has 4 aromatic rings. The molecular weight excluding hydrogens is 422 g/mol. The molecular formula is C25H25N3O3S. The first kappa shape index (κ1) is 21.8. The fraction of sp³-hybridized carbons (Fsp3) is 0.240. The highest BCUT2D eigenvalue weighted by Gasteiger charge is 2.19. The molecule has 0 unspecified atom stereocenters. The topological polar surface area (TPSA) is 64.4 Å². The molecule has 0 atom stereocenters. The molecule has 7 heteroatoms. The van der Waals surface area contributed by atoms with Crippen molar-refractivity contribution < 1.29 is 9.53 Å². The molecule has 0 saturated heterocycles. The number of hydrogen-bond donors (Lipinski definition) is 0. The molecule has 2 aromatic carbocycles. The lowest BCUT2D eigenvalue weighted by Gasteiger charge is -2.18. The number of rotatable bonds is 7. The van der Waals surface area contributed by atoms with Crippen LogP contribution in [0.5, 0.6) is 5.75 Å². The summed E-state index contributed by atoms with van der Waals surface area (Å²) in [6.45, 7) is 4.96. The van der Waals surface area contributed by atoms with Crippen LogP contribution >= 0.6 is 11.3 Å². The molecule has 6 nitrogen and oxygen atoms in total. The highest BCUT2D eigenvalue weighted by molar-refractivity contribution is 7.19. The fourth-order valence-electron chi connectivity index (χ4n) is 3.69. The maximum absolute atomic E-state index is 13.4. The standard InChI is InChI=1S/C25H25N3O3S/c1-4-31-20-12-10-19(11-13-20)22-17(2)32-24-23(22)25(30)28(16-26-24)15-21(29)27(3)14-18-8-6-5-7-9-18/h5-13,16H,4,14-15H2,1-3H3. The largest absolute Gasteiger partial charge is 0.494 e. The van der Waals surface area contributed by atoms with Crippen LogP contribution < -0.4 is 10.3 Å². The molecule has 4 rings (SSSR count). The second-order valence-electron chi connectivity index (χ2n) is 7.58. The summed E-state index contributed by atoms with van der Waals surface area (Å²) < 4.78 is 6.93. The predicted octanol–water partition coefficient (Wildman–Crippen LogP) is 4.49. The number of amides is 1. The molecule has 0 radical (unpaired) electrons. The van der Waals surface area contributed by atoms with Crippen molar-refractivity contribution in [2.75, 3.05) is 13.7 Å². The van der Waals surface area contributed by atoms with Gasteiger partial charge in [0.1, 0.15) is 17.1 Å². The lowest BCUT2D eigenvalue weighted by Crippen LogP contribution is -2.33. The Morgan fingerprint density at radius 3 is 2.53 bits per heavy atom. The van der Waals surface area contributed by atoms with E-state index in [0.717, 1.165) is 27.3 Å². The summed E-state index contributed by atoms with van der Waals surface area (Å²) in [6.07, 6.45) is 1.47. The average Bonchev–Trinajstić information content (AvgIpc) is 3.14. The number of fused-ring (bicyclic) bond motifs is 1. The summed E-state index contributed by atoms with van der Waals surface area (Å²) in [6, 6.07) is 17.5. The number of ether oxygens (including phenoxy) is 1. The quantitative estimate of drug-likeness (QED) is 0.419. The Hall–Kier alpha value is -3.45. The van der Waals surface area contributed by atoms with Crippen LogP contribution in [0.15, 0.2) is 65.7 Å². The first-order chi connectivity index (χ1) is 15.5. The number of nitrogens with zero attached hydrogens (tertiary/aromatic N) is 3. The summed E-state index contributed by atoms with van der Waals surface area (Å²) >= 11 is 1.49. The van der Waals surface area contributed by atoms with Crippen molar-refractivity contribution in [1.82, 2.24) is 14.5 Å².